The Bertz CT molecular complexity index is 1090. The Balaban J connectivity index is 1.64. The third-order valence-electron chi connectivity index (χ3n) is 4.72. The van der Waals surface area contributed by atoms with Crippen LogP contribution in [-0.2, 0) is 21.4 Å². The SMILES string of the molecule is CCN(c1ccccc1)S(=O)(=O)c1ccc(NC(C)C(=O)NCc2ccccc2)nc1. The molecule has 0 saturated carbocycles. The molecule has 0 spiro atoms. The highest BCUT2D eigenvalue weighted by atomic mass is 32.2. The highest BCUT2D eigenvalue weighted by Gasteiger charge is 2.24. The van der Waals surface area contributed by atoms with Gasteiger partial charge in [-0.1, -0.05) is 48.5 Å². The highest BCUT2D eigenvalue weighted by molar-refractivity contribution is 7.92. The Morgan fingerprint density at radius 1 is 1.00 bits per heavy atom. The Kier molecular flexibility index (Phi) is 7.25. The number of nitrogens with zero attached hydrogens (tertiary/aromatic N) is 2. The third kappa shape index (κ3) is 5.61. The maximum Gasteiger partial charge on any atom is 0.265 e. The van der Waals surface area contributed by atoms with Gasteiger partial charge in [-0.3, -0.25) is 9.10 Å². The van der Waals surface area contributed by atoms with E-state index < -0.39 is 16.1 Å². The Morgan fingerprint density at radius 3 is 2.23 bits per heavy atom. The van der Waals surface area contributed by atoms with Gasteiger partial charge < -0.3 is 10.6 Å². The van der Waals surface area contributed by atoms with Crippen LogP contribution in [0.5, 0.6) is 0 Å². The molecule has 1 amide bonds. The second kappa shape index (κ2) is 10.1. The Hall–Kier alpha value is -3.39. The van der Waals surface area contributed by atoms with Crippen molar-refractivity contribution in [1.82, 2.24) is 10.3 Å². The van der Waals surface area contributed by atoms with Gasteiger partial charge in [-0.15, -0.1) is 0 Å². The third-order valence-corrected chi connectivity index (χ3v) is 6.61. The minimum atomic E-state index is -3.74. The van der Waals surface area contributed by atoms with Crippen LogP contribution in [0.1, 0.15) is 19.4 Å². The fourth-order valence-electron chi connectivity index (χ4n) is 3.06. The van der Waals surface area contributed by atoms with Crippen LogP contribution in [0, 0.1) is 0 Å². The summed E-state index contributed by atoms with van der Waals surface area (Å²) >= 11 is 0. The summed E-state index contributed by atoms with van der Waals surface area (Å²) in [5.41, 5.74) is 1.60. The van der Waals surface area contributed by atoms with Crippen LogP contribution >= 0.6 is 0 Å². The summed E-state index contributed by atoms with van der Waals surface area (Å²) in [5, 5.41) is 5.86. The number of anilines is 2. The monoisotopic (exact) mass is 438 g/mol. The lowest BCUT2D eigenvalue weighted by atomic mass is 10.2. The Morgan fingerprint density at radius 2 is 1.65 bits per heavy atom. The molecule has 0 aliphatic rings. The first-order valence-electron chi connectivity index (χ1n) is 10.0. The second-order valence-corrected chi connectivity index (χ2v) is 8.82. The number of hydrogen-bond donors (Lipinski definition) is 2. The zero-order valence-corrected chi connectivity index (χ0v) is 18.3. The number of hydrogen-bond acceptors (Lipinski definition) is 5. The van der Waals surface area contributed by atoms with Gasteiger partial charge in [0.05, 0.1) is 5.69 Å². The maximum absolute atomic E-state index is 13.0. The van der Waals surface area contributed by atoms with E-state index in [4.69, 9.17) is 0 Å². The standard InChI is InChI=1S/C23H26N4O3S/c1-3-27(20-12-8-5-9-13-20)31(29,30)21-14-15-22(24-17-21)26-18(2)23(28)25-16-19-10-6-4-7-11-19/h4-15,17-18H,3,16H2,1-2H3,(H,24,26)(H,25,28). The average molecular weight is 439 g/mol. The molecule has 1 atom stereocenters. The lowest BCUT2D eigenvalue weighted by Crippen LogP contribution is -2.37. The van der Waals surface area contributed by atoms with Gasteiger partial charge in [-0.2, -0.15) is 0 Å². The number of amides is 1. The van der Waals surface area contributed by atoms with Crippen LogP contribution in [0.15, 0.2) is 83.9 Å². The van der Waals surface area contributed by atoms with E-state index in [9.17, 15) is 13.2 Å². The molecule has 0 saturated heterocycles. The fraction of sp³-hybridized carbons (Fsp3) is 0.217. The minimum absolute atomic E-state index is 0.0879. The van der Waals surface area contributed by atoms with Crippen molar-refractivity contribution in [1.29, 1.82) is 0 Å². The molecule has 0 aliphatic carbocycles. The van der Waals surface area contributed by atoms with Crippen molar-refractivity contribution in [3.8, 4) is 0 Å². The molecule has 1 unspecified atom stereocenters. The van der Waals surface area contributed by atoms with E-state index in [0.717, 1.165) is 5.56 Å². The summed E-state index contributed by atoms with van der Waals surface area (Å²) in [4.78, 5) is 16.6. The number of nitrogens with one attached hydrogen (secondary N) is 2. The zero-order valence-electron chi connectivity index (χ0n) is 17.5. The summed E-state index contributed by atoms with van der Waals surface area (Å²) in [6, 6.07) is 21.1. The van der Waals surface area contributed by atoms with Crippen molar-refractivity contribution in [3.05, 3.63) is 84.6 Å². The van der Waals surface area contributed by atoms with Crippen molar-refractivity contribution in [2.45, 2.75) is 31.3 Å². The predicted molar refractivity (Wildman–Crippen MR) is 122 cm³/mol. The lowest BCUT2D eigenvalue weighted by molar-refractivity contribution is -0.121. The van der Waals surface area contributed by atoms with E-state index in [1.54, 1.807) is 44.2 Å². The van der Waals surface area contributed by atoms with E-state index in [-0.39, 0.29) is 10.8 Å². The summed E-state index contributed by atoms with van der Waals surface area (Å²) in [6.07, 6.45) is 1.30. The first-order valence-corrected chi connectivity index (χ1v) is 11.5. The van der Waals surface area contributed by atoms with Crippen LogP contribution in [0.3, 0.4) is 0 Å². The minimum Gasteiger partial charge on any atom is -0.359 e. The first-order chi connectivity index (χ1) is 14.9. The maximum atomic E-state index is 13.0. The van der Waals surface area contributed by atoms with Crippen molar-refractivity contribution in [2.75, 3.05) is 16.2 Å². The molecule has 0 fully saturated rings. The molecule has 3 rings (SSSR count). The smallest absolute Gasteiger partial charge is 0.265 e. The van der Waals surface area contributed by atoms with Crippen LogP contribution in [0.2, 0.25) is 0 Å². The number of benzene rings is 2. The van der Waals surface area contributed by atoms with Crippen molar-refractivity contribution in [3.63, 3.8) is 0 Å². The summed E-state index contributed by atoms with van der Waals surface area (Å²) in [7, 11) is -3.74. The van der Waals surface area contributed by atoms with E-state index >= 15 is 0 Å². The first kappa shape index (κ1) is 22.3. The molecule has 7 nitrogen and oxygen atoms in total. The van der Waals surface area contributed by atoms with E-state index in [2.05, 4.69) is 15.6 Å². The molecule has 0 aliphatic heterocycles. The quantitative estimate of drug-likeness (QED) is 0.534. The highest BCUT2D eigenvalue weighted by Crippen LogP contribution is 2.23. The molecule has 3 aromatic rings. The number of aromatic nitrogens is 1. The molecule has 2 N–H and O–H groups in total. The van der Waals surface area contributed by atoms with Gasteiger partial charge in [0.15, 0.2) is 0 Å². The summed E-state index contributed by atoms with van der Waals surface area (Å²) in [5.74, 6) is 0.243. The summed E-state index contributed by atoms with van der Waals surface area (Å²) in [6.45, 7) is 4.23. The topological polar surface area (TPSA) is 91.4 Å². The molecule has 8 heteroatoms. The number of carbonyl (C=O) groups excluding carboxylic acids is 1. The van der Waals surface area contributed by atoms with Gasteiger partial charge in [0, 0.05) is 19.3 Å². The molecular formula is C23H26N4O3S. The molecule has 0 radical (unpaired) electrons. The molecule has 31 heavy (non-hydrogen) atoms. The number of para-hydroxylation sites is 1. The number of pyridine rings is 1. The predicted octanol–water partition coefficient (Wildman–Crippen LogP) is 3.41. The number of carbonyl (C=O) groups is 1. The van der Waals surface area contributed by atoms with Crippen LogP contribution in [-0.4, -0.2) is 31.9 Å². The van der Waals surface area contributed by atoms with E-state index in [1.807, 2.05) is 36.4 Å². The summed E-state index contributed by atoms with van der Waals surface area (Å²) < 4.78 is 27.4. The molecule has 2 aromatic carbocycles. The van der Waals surface area contributed by atoms with Gasteiger partial charge in [0.25, 0.3) is 10.0 Å². The van der Waals surface area contributed by atoms with Gasteiger partial charge >= 0.3 is 0 Å². The molecule has 1 heterocycles. The van der Waals surface area contributed by atoms with Crippen LogP contribution in [0.4, 0.5) is 11.5 Å². The average Bonchev–Trinajstić information content (AvgIpc) is 2.79. The number of rotatable bonds is 9. The van der Waals surface area contributed by atoms with Crippen molar-refractivity contribution < 1.29 is 13.2 Å². The van der Waals surface area contributed by atoms with Crippen molar-refractivity contribution in [2.24, 2.45) is 0 Å². The number of sulfonamides is 1. The van der Waals surface area contributed by atoms with Gasteiger partial charge in [0.1, 0.15) is 16.8 Å². The fourth-order valence-corrected chi connectivity index (χ4v) is 4.48. The normalized spacial score (nSPS) is 12.1. The lowest BCUT2D eigenvalue weighted by Gasteiger charge is -2.23. The van der Waals surface area contributed by atoms with Gasteiger partial charge in [0.2, 0.25) is 5.91 Å². The second-order valence-electron chi connectivity index (χ2n) is 6.95. The van der Waals surface area contributed by atoms with Crippen molar-refractivity contribution >= 4 is 27.4 Å². The molecule has 0 bridgehead atoms. The largest absolute Gasteiger partial charge is 0.359 e. The molecular weight excluding hydrogens is 412 g/mol. The van der Waals surface area contributed by atoms with Gasteiger partial charge in [-0.05, 0) is 43.7 Å². The van der Waals surface area contributed by atoms with E-state index in [1.165, 1.54) is 16.6 Å². The van der Waals surface area contributed by atoms with Gasteiger partial charge in [-0.25, -0.2) is 13.4 Å². The van der Waals surface area contributed by atoms with Crippen LogP contribution in [0.25, 0.3) is 0 Å². The zero-order chi connectivity index (χ0) is 22.3. The molecule has 1 aromatic heterocycles. The molecule has 162 valence electrons. The van der Waals surface area contributed by atoms with Crippen LogP contribution < -0.4 is 14.9 Å². The Labute approximate surface area is 183 Å². The van der Waals surface area contributed by atoms with E-state index in [0.29, 0.717) is 24.6 Å².